The summed E-state index contributed by atoms with van der Waals surface area (Å²) in [6.07, 6.45) is 0.191. The summed E-state index contributed by atoms with van der Waals surface area (Å²) < 4.78 is 53.8. The average Bonchev–Trinajstić information content (AvgIpc) is 2.48. The van der Waals surface area contributed by atoms with E-state index in [2.05, 4.69) is 18.1 Å². The van der Waals surface area contributed by atoms with Gasteiger partial charge in [0.05, 0.1) is 39.8 Å². The van der Waals surface area contributed by atoms with Gasteiger partial charge in [0.25, 0.3) is 0 Å². The molecule has 4 unspecified atom stereocenters. The zero-order chi connectivity index (χ0) is 18.8. The van der Waals surface area contributed by atoms with Crippen molar-refractivity contribution >= 4 is 35.6 Å². The van der Waals surface area contributed by atoms with Crippen LogP contribution in [0.1, 0.15) is 20.3 Å². The Morgan fingerprint density at radius 1 is 1.12 bits per heavy atom. The van der Waals surface area contributed by atoms with Crippen LogP contribution in [0.15, 0.2) is 0 Å². The van der Waals surface area contributed by atoms with Crippen molar-refractivity contribution < 1.29 is 46.0 Å². The van der Waals surface area contributed by atoms with Crippen LogP contribution < -0.4 is 0 Å². The molecule has 4 atom stereocenters. The maximum atomic E-state index is 12.6. The molecule has 0 spiro atoms. The van der Waals surface area contributed by atoms with E-state index in [1.807, 2.05) is 0 Å². The van der Waals surface area contributed by atoms with Crippen LogP contribution in [0.5, 0.6) is 0 Å². The van der Waals surface area contributed by atoms with E-state index in [1.165, 1.54) is 0 Å². The molecule has 0 heterocycles. The Morgan fingerprint density at radius 2 is 1.67 bits per heavy atom. The third-order valence-electron chi connectivity index (χ3n) is 2.29. The molecule has 0 aliphatic heterocycles. The second-order valence-electron chi connectivity index (χ2n) is 5.10. The summed E-state index contributed by atoms with van der Waals surface area (Å²) in [6, 6.07) is 0. The molecule has 0 aliphatic rings. The second kappa shape index (κ2) is 12.0. The minimum Gasteiger partial charge on any atom is -0.397 e. The van der Waals surface area contributed by atoms with Gasteiger partial charge in [-0.05, 0) is 18.2 Å². The van der Waals surface area contributed by atoms with Crippen LogP contribution in [0.4, 0.5) is 3.89 Å². The second-order valence-corrected chi connectivity index (χ2v) is 8.66. The van der Waals surface area contributed by atoms with Gasteiger partial charge in [-0.15, -0.1) is 0 Å². The fourth-order valence-corrected chi connectivity index (χ4v) is 3.67. The first kappa shape index (κ1) is 24.5. The number of phosphoric ester groups is 2. The van der Waals surface area contributed by atoms with Crippen LogP contribution in [0, 0.1) is 5.92 Å². The molecule has 9 nitrogen and oxygen atoms in total. The van der Waals surface area contributed by atoms with E-state index in [9.17, 15) is 22.8 Å². The molecule has 14 heteroatoms. The first-order chi connectivity index (χ1) is 11.0. The van der Waals surface area contributed by atoms with Gasteiger partial charge < -0.3 is 14.9 Å². The third kappa shape index (κ3) is 12.8. The number of hydrogen-bond donors (Lipinski definition) is 3. The summed E-state index contributed by atoms with van der Waals surface area (Å²) in [4.78, 5) is 18.7. The molecule has 0 aromatic rings. The first-order valence-electron chi connectivity index (χ1n) is 6.92. The monoisotopic (exact) mass is 410 g/mol. The Bertz CT molecular complexity index is 445. The van der Waals surface area contributed by atoms with E-state index < -0.39 is 53.3 Å². The van der Waals surface area contributed by atoms with Crippen LogP contribution in [0.25, 0.3) is 0 Å². The van der Waals surface area contributed by atoms with E-state index >= 15 is 0 Å². The first-order valence-corrected chi connectivity index (χ1v) is 10.7. The lowest BCUT2D eigenvalue weighted by molar-refractivity contribution is 0.0930. The molecule has 0 aromatic carbocycles. The summed E-state index contributed by atoms with van der Waals surface area (Å²) in [5, 5.41) is 8.64. The summed E-state index contributed by atoms with van der Waals surface area (Å²) >= 11 is -0.222. The van der Waals surface area contributed by atoms with Gasteiger partial charge in [0.1, 0.15) is 5.44 Å². The summed E-state index contributed by atoms with van der Waals surface area (Å²) in [5.41, 5.74) is -1.17. The van der Waals surface area contributed by atoms with E-state index in [0.29, 0.717) is 0 Å². The van der Waals surface area contributed by atoms with Gasteiger partial charge in [-0.2, -0.15) is 3.89 Å². The lowest BCUT2D eigenvalue weighted by Gasteiger charge is -2.19. The van der Waals surface area contributed by atoms with E-state index in [4.69, 9.17) is 13.0 Å². The van der Waals surface area contributed by atoms with E-state index in [1.54, 1.807) is 13.8 Å². The molecule has 0 saturated carbocycles. The highest BCUT2D eigenvalue weighted by Gasteiger charge is 2.29. The number of hydrogen-bond acceptors (Lipinski definition) is 8. The number of aliphatic hydroxyl groups excluding tert-OH is 1. The van der Waals surface area contributed by atoms with Crippen molar-refractivity contribution in [1.82, 2.24) is 0 Å². The van der Waals surface area contributed by atoms with Gasteiger partial charge in [-0.25, -0.2) is 9.13 Å². The molecule has 3 N–H and O–H groups in total. The van der Waals surface area contributed by atoms with Gasteiger partial charge >= 0.3 is 15.6 Å². The highest BCUT2D eigenvalue weighted by Crippen LogP contribution is 2.48. The van der Waals surface area contributed by atoms with Gasteiger partial charge in [0, 0.05) is 6.61 Å². The van der Waals surface area contributed by atoms with Crippen LogP contribution in [-0.2, 0) is 27.2 Å². The van der Waals surface area contributed by atoms with Crippen molar-refractivity contribution in [3.8, 4) is 0 Å². The smallest absolute Gasteiger partial charge is 0.397 e. The summed E-state index contributed by atoms with van der Waals surface area (Å²) in [6.45, 7) is 1.57. The molecule has 2 radical (unpaired) electrons. The highest BCUT2D eigenvalue weighted by atomic mass is 32.2. The maximum absolute atomic E-state index is 12.6. The quantitative estimate of drug-likeness (QED) is 0.169. The third-order valence-corrected chi connectivity index (χ3v) is 4.94. The molecule has 0 aliphatic carbocycles. The van der Waals surface area contributed by atoms with Crippen molar-refractivity contribution in [3.05, 3.63) is 0 Å². The molecule has 0 rings (SSSR count). The maximum Gasteiger partial charge on any atom is 0.473 e. The fraction of sp³-hybridized carbons (Fsp3) is 1.00. The lowest BCUT2D eigenvalue weighted by Crippen LogP contribution is -2.12. The number of halogens is 1. The number of aliphatic hydroxyl groups is 1. The minimum atomic E-state index is -4.55. The Kier molecular flexibility index (Phi) is 12.3. The molecular weight excluding hydrogens is 388 g/mol. The van der Waals surface area contributed by atoms with Crippen molar-refractivity contribution in [2.24, 2.45) is 5.92 Å². The topological polar surface area (TPSA) is 132 Å². The number of phosphoric acid groups is 2. The van der Waals surface area contributed by atoms with Gasteiger partial charge in [-0.1, -0.05) is 13.8 Å². The van der Waals surface area contributed by atoms with Crippen LogP contribution >= 0.6 is 27.8 Å². The predicted octanol–water partition coefficient (Wildman–Crippen LogP) is 2.19. The zero-order valence-corrected chi connectivity index (χ0v) is 15.9. The van der Waals surface area contributed by atoms with Crippen LogP contribution in [0.3, 0.4) is 0 Å². The highest BCUT2D eigenvalue weighted by molar-refractivity contribution is 7.94. The molecule has 0 bridgehead atoms. The Labute approximate surface area is 146 Å². The summed E-state index contributed by atoms with van der Waals surface area (Å²) in [5.74, 6) is -0.822. The number of rotatable bonds is 14. The molecule has 0 aromatic heterocycles. The molecule has 24 heavy (non-hydrogen) atoms. The molecule has 142 valence electrons. The van der Waals surface area contributed by atoms with Crippen molar-refractivity contribution in [2.75, 3.05) is 26.4 Å². The van der Waals surface area contributed by atoms with Crippen LogP contribution in [-0.4, -0.2) is 54.6 Å². The SMILES string of the molecule is [B]C(CO)COP(=O)(O)OCCOP(=O)(O)OC(CC(C)C)SF. The van der Waals surface area contributed by atoms with Crippen molar-refractivity contribution in [1.29, 1.82) is 0 Å². The largest absolute Gasteiger partial charge is 0.473 e. The predicted molar refractivity (Wildman–Crippen MR) is 87.1 cm³/mol. The average molecular weight is 410 g/mol. The fourth-order valence-electron chi connectivity index (χ4n) is 1.24. The lowest BCUT2D eigenvalue weighted by atomic mass is 9.90. The molecule has 0 fully saturated rings. The van der Waals surface area contributed by atoms with Gasteiger partial charge in [0.15, 0.2) is 0 Å². The minimum absolute atomic E-state index is 0.0318. The molecule has 0 amide bonds. The zero-order valence-electron chi connectivity index (χ0n) is 13.3. The van der Waals surface area contributed by atoms with E-state index in [0.717, 1.165) is 0 Å². The van der Waals surface area contributed by atoms with E-state index in [-0.39, 0.29) is 24.5 Å². The van der Waals surface area contributed by atoms with Crippen molar-refractivity contribution in [2.45, 2.75) is 31.5 Å². The molecular formula is C10H22BFO9P2S. The Balaban J connectivity index is 4.15. The van der Waals surface area contributed by atoms with Gasteiger partial charge in [-0.3, -0.25) is 18.1 Å². The Hall–Kier alpha value is 0.525. The normalized spacial score (nSPS) is 19.6. The Morgan fingerprint density at radius 3 is 2.12 bits per heavy atom. The standard InChI is InChI=1S/C10H22BFO9P2S/c1-8(2)5-10(24-12)21-23(16,17)19-4-3-18-22(14,15)20-7-9(11)6-13/h8-10,13H,3-7H2,1-2H3,(H,14,15)(H,16,17). The summed E-state index contributed by atoms with van der Waals surface area (Å²) in [7, 11) is -3.71. The van der Waals surface area contributed by atoms with Crippen molar-refractivity contribution in [3.63, 3.8) is 0 Å². The van der Waals surface area contributed by atoms with Crippen LogP contribution in [0.2, 0.25) is 5.82 Å². The molecule has 0 saturated heterocycles. The van der Waals surface area contributed by atoms with Gasteiger partial charge in [0.2, 0.25) is 0 Å².